The number of carbonyl (C=O) groups is 2. The first-order chi connectivity index (χ1) is 9.65. The van der Waals surface area contributed by atoms with Crippen LogP contribution in [-0.2, 0) is 22.6 Å². The van der Waals surface area contributed by atoms with Crippen molar-refractivity contribution in [2.45, 2.75) is 31.5 Å². The van der Waals surface area contributed by atoms with Crippen LogP contribution in [0.4, 0.5) is 0 Å². The summed E-state index contributed by atoms with van der Waals surface area (Å²) in [7, 11) is 1.77. The van der Waals surface area contributed by atoms with Gasteiger partial charge in [-0.05, 0) is 24.0 Å². The average Bonchev–Trinajstić information content (AvgIpc) is 2.78. The minimum atomic E-state index is -0.355. The molecule has 2 heterocycles. The van der Waals surface area contributed by atoms with E-state index in [9.17, 15) is 9.59 Å². The first-order valence-electron chi connectivity index (χ1n) is 7.00. The Morgan fingerprint density at radius 1 is 1.33 bits per heavy atom. The molecule has 0 aromatic heterocycles. The predicted molar refractivity (Wildman–Crippen MR) is 82.2 cm³/mol. The highest BCUT2D eigenvalue weighted by molar-refractivity contribution is 5.91. The summed E-state index contributed by atoms with van der Waals surface area (Å²) in [6, 6.07) is 7.54. The van der Waals surface area contributed by atoms with Gasteiger partial charge in [-0.3, -0.25) is 9.59 Å². The number of benzene rings is 1. The van der Waals surface area contributed by atoms with E-state index in [1.54, 1.807) is 11.9 Å². The lowest BCUT2D eigenvalue weighted by Gasteiger charge is -2.26. The van der Waals surface area contributed by atoms with E-state index >= 15 is 0 Å². The van der Waals surface area contributed by atoms with Crippen LogP contribution in [0.1, 0.15) is 17.5 Å². The Kier molecular flexibility index (Phi) is 4.85. The van der Waals surface area contributed by atoms with Crippen LogP contribution in [-0.4, -0.2) is 42.4 Å². The van der Waals surface area contributed by atoms with Crippen molar-refractivity contribution < 1.29 is 9.59 Å². The minimum absolute atomic E-state index is 0. The van der Waals surface area contributed by atoms with E-state index in [0.29, 0.717) is 25.9 Å². The van der Waals surface area contributed by atoms with Gasteiger partial charge in [0.25, 0.3) is 0 Å². The van der Waals surface area contributed by atoms with Gasteiger partial charge in [0.05, 0.1) is 6.04 Å². The molecule has 5 nitrogen and oxygen atoms in total. The maximum Gasteiger partial charge on any atom is 0.244 e. The highest BCUT2D eigenvalue weighted by atomic mass is 35.5. The lowest BCUT2D eigenvalue weighted by atomic mass is 9.95. The summed E-state index contributed by atoms with van der Waals surface area (Å²) >= 11 is 0. The molecule has 0 saturated carbocycles. The molecule has 0 radical (unpaired) electrons. The van der Waals surface area contributed by atoms with Crippen LogP contribution in [0, 0.1) is 0 Å². The van der Waals surface area contributed by atoms with Gasteiger partial charge in [0, 0.05) is 20.1 Å². The van der Waals surface area contributed by atoms with Crippen molar-refractivity contribution in [3.63, 3.8) is 0 Å². The van der Waals surface area contributed by atoms with Crippen LogP contribution in [0.15, 0.2) is 24.3 Å². The number of hydrogen-bond acceptors (Lipinski definition) is 3. The van der Waals surface area contributed by atoms with Gasteiger partial charge >= 0.3 is 0 Å². The van der Waals surface area contributed by atoms with E-state index in [0.717, 1.165) is 0 Å². The summed E-state index contributed by atoms with van der Waals surface area (Å²) in [5, 5.41) is 6.11. The van der Waals surface area contributed by atoms with Gasteiger partial charge in [0.15, 0.2) is 0 Å². The molecule has 2 aliphatic rings. The number of amides is 2. The van der Waals surface area contributed by atoms with Crippen molar-refractivity contribution >= 4 is 24.2 Å². The highest BCUT2D eigenvalue weighted by Gasteiger charge is 2.33. The SMILES string of the molecule is CN1CCC(NC(=O)C2Cc3ccccc3CN2)C1=O.Cl. The molecule has 3 rings (SSSR count). The number of likely N-dealkylation sites (tertiary alicyclic amines) is 1. The van der Waals surface area contributed by atoms with Gasteiger partial charge in [-0.1, -0.05) is 24.3 Å². The second-order valence-electron chi connectivity index (χ2n) is 5.52. The maximum atomic E-state index is 12.3. The summed E-state index contributed by atoms with van der Waals surface area (Å²) in [5.41, 5.74) is 2.45. The van der Waals surface area contributed by atoms with Crippen molar-refractivity contribution in [1.29, 1.82) is 0 Å². The number of nitrogens with zero attached hydrogens (tertiary/aromatic N) is 1. The molecule has 21 heavy (non-hydrogen) atoms. The van der Waals surface area contributed by atoms with Crippen LogP contribution >= 0.6 is 12.4 Å². The molecule has 2 aliphatic heterocycles. The fourth-order valence-corrected chi connectivity index (χ4v) is 2.87. The molecule has 114 valence electrons. The van der Waals surface area contributed by atoms with Gasteiger partial charge in [0.1, 0.15) is 6.04 Å². The molecule has 6 heteroatoms. The molecule has 0 spiro atoms. The average molecular weight is 310 g/mol. The van der Waals surface area contributed by atoms with Gasteiger partial charge < -0.3 is 15.5 Å². The largest absolute Gasteiger partial charge is 0.344 e. The van der Waals surface area contributed by atoms with Crippen LogP contribution < -0.4 is 10.6 Å². The van der Waals surface area contributed by atoms with Crippen molar-refractivity contribution in [2.75, 3.05) is 13.6 Å². The molecule has 2 atom stereocenters. The van der Waals surface area contributed by atoms with E-state index in [4.69, 9.17) is 0 Å². The fourth-order valence-electron chi connectivity index (χ4n) is 2.87. The van der Waals surface area contributed by atoms with E-state index in [-0.39, 0.29) is 36.3 Å². The number of fused-ring (bicyclic) bond motifs is 1. The van der Waals surface area contributed by atoms with Crippen molar-refractivity contribution in [3.05, 3.63) is 35.4 Å². The monoisotopic (exact) mass is 309 g/mol. The molecule has 0 bridgehead atoms. The van der Waals surface area contributed by atoms with E-state index in [1.165, 1.54) is 11.1 Å². The fraction of sp³-hybridized carbons (Fsp3) is 0.467. The molecule has 1 saturated heterocycles. The van der Waals surface area contributed by atoms with Crippen LogP contribution in [0.2, 0.25) is 0 Å². The standard InChI is InChI=1S/C15H19N3O2.ClH/c1-18-7-6-12(15(18)20)17-14(19)13-8-10-4-2-3-5-11(10)9-16-13;/h2-5,12-13,16H,6-9H2,1H3,(H,17,19);1H. The molecule has 1 aromatic rings. The first-order valence-corrected chi connectivity index (χ1v) is 7.00. The quantitative estimate of drug-likeness (QED) is 0.835. The van der Waals surface area contributed by atoms with Crippen LogP contribution in [0.5, 0.6) is 0 Å². The summed E-state index contributed by atoms with van der Waals surface area (Å²) in [5.74, 6) is -0.0669. The van der Waals surface area contributed by atoms with Crippen LogP contribution in [0.25, 0.3) is 0 Å². The zero-order chi connectivity index (χ0) is 14.1. The highest BCUT2D eigenvalue weighted by Crippen LogP contribution is 2.17. The number of halogens is 1. The number of likely N-dealkylation sites (N-methyl/N-ethyl adjacent to an activating group) is 1. The van der Waals surface area contributed by atoms with Gasteiger partial charge in [-0.25, -0.2) is 0 Å². The predicted octanol–water partition coefficient (Wildman–Crippen LogP) is 0.470. The Balaban J connectivity index is 0.00000161. The lowest BCUT2D eigenvalue weighted by Crippen LogP contribution is -2.52. The maximum absolute atomic E-state index is 12.3. The van der Waals surface area contributed by atoms with Crippen molar-refractivity contribution in [3.8, 4) is 0 Å². The summed E-state index contributed by atoms with van der Waals surface area (Å²) < 4.78 is 0. The Morgan fingerprint density at radius 2 is 2.05 bits per heavy atom. The summed E-state index contributed by atoms with van der Waals surface area (Å²) in [4.78, 5) is 25.7. The Morgan fingerprint density at radius 3 is 2.71 bits per heavy atom. The second kappa shape index (κ2) is 6.45. The molecular weight excluding hydrogens is 290 g/mol. The Bertz CT molecular complexity index is 549. The summed E-state index contributed by atoms with van der Waals surface area (Å²) in [6.07, 6.45) is 1.38. The molecule has 2 amide bonds. The number of carbonyl (C=O) groups excluding carboxylic acids is 2. The zero-order valence-electron chi connectivity index (χ0n) is 12.0. The lowest BCUT2D eigenvalue weighted by molar-refractivity contribution is -0.132. The number of nitrogens with one attached hydrogen (secondary N) is 2. The van der Waals surface area contributed by atoms with Gasteiger partial charge in [-0.15, -0.1) is 12.4 Å². The normalized spacial score (nSPS) is 24.2. The molecular formula is C15H20ClN3O2. The van der Waals surface area contributed by atoms with E-state index < -0.39 is 0 Å². The minimum Gasteiger partial charge on any atom is -0.344 e. The van der Waals surface area contributed by atoms with E-state index in [1.807, 2.05) is 12.1 Å². The zero-order valence-corrected chi connectivity index (χ0v) is 12.8. The molecule has 2 N–H and O–H groups in total. The van der Waals surface area contributed by atoms with E-state index in [2.05, 4.69) is 22.8 Å². The third-order valence-electron chi connectivity index (χ3n) is 4.14. The number of rotatable bonds is 2. The Labute approximate surface area is 130 Å². The van der Waals surface area contributed by atoms with Crippen molar-refractivity contribution in [2.24, 2.45) is 0 Å². The first kappa shape index (κ1) is 15.8. The molecule has 1 fully saturated rings. The molecule has 2 unspecified atom stereocenters. The van der Waals surface area contributed by atoms with Gasteiger partial charge in [0.2, 0.25) is 11.8 Å². The van der Waals surface area contributed by atoms with Crippen molar-refractivity contribution in [1.82, 2.24) is 15.5 Å². The van der Waals surface area contributed by atoms with Crippen LogP contribution in [0.3, 0.4) is 0 Å². The third-order valence-corrected chi connectivity index (χ3v) is 4.14. The summed E-state index contributed by atoms with van der Waals surface area (Å²) in [6.45, 7) is 1.41. The Hall–Kier alpha value is -1.59. The number of hydrogen-bond donors (Lipinski definition) is 2. The topological polar surface area (TPSA) is 61.4 Å². The molecule has 0 aliphatic carbocycles. The second-order valence-corrected chi connectivity index (χ2v) is 5.52. The third kappa shape index (κ3) is 3.19. The van der Waals surface area contributed by atoms with Gasteiger partial charge in [-0.2, -0.15) is 0 Å². The smallest absolute Gasteiger partial charge is 0.244 e. The molecule has 1 aromatic carbocycles.